The lowest BCUT2D eigenvalue weighted by molar-refractivity contribution is -0.144. The standard InChI is InChI=1S/C9H17NO3/c1-9(3-4-13-2)6-10-5-7(9)8(11)12/h7,10H,3-6H2,1-2H3,(H,11,12). The van der Waals surface area contributed by atoms with Gasteiger partial charge in [0.15, 0.2) is 0 Å². The predicted octanol–water partition coefficient (Wildman–Crippen LogP) is 0.333. The summed E-state index contributed by atoms with van der Waals surface area (Å²) in [7, 11) is 1.64. The molecule has 0 spiro atoms. The molecule has 76 valence electrons. The molecule has 0 radical (unpaired) electrons. The summed E-state index contributed by atoms with van der Waals surface area (Å²) in [5, 5.41) is 12.1. The van der Waals surface area contributed by atoms with Crippen LogP contribution in [0.2, 0.25) is 0 Å². The molecule has 13 heavy (non-hydrogen) atoms. The molecule has 0 aliphatic carbocycles. The van der Waals surface area contributed by atoms with Crippen molar-refractivity contribution >= 4 is 5.97 Å². The van der Waals surface area contributed by atoms with Gasteiger partial charge in [-0.25, -0.2) is 0 Å². The molecule has 1 saturated heterocycles. The van der Waals surface area contributed by atoms with Crippen molar-refractivity contribution in [2.24, 2.45) is 11.3 Å². The van der Waals surface area contributed by atoms with Crippen molar-refractivity contribution in [2.45, 2.75) is 13.3 Å². The van der Waals surface area contributed by atoms with Crippen LogP contribution in [0.25, 0.3) is 0 Å². The number of rotatable bonds is 4. The van der Waals surface area contributed by atoms with E-state index in [-0.39, 0.29) is 11.3 Å². The van der Waals surface area contributed by atoms with Gasteiger partial charge in [0, 0.05) is 26.8 Å². The number of hydrogen-bond donors (Lipinski definition) is 2. The van der Waals surface area contributed by atoms with Gasteiger partial charge in [0.2, 0.25) is 0 Å². The van der Waals surface area contributed by atoms with Crippen molar-refractivity contribution < 1.29 is 14.6 Å². The third-order valence-electron chi connectivity index (χ3n) is 2.89. The van der Waals surface area contributed by atoms with Gasteiger partial charge < -0.3 is 15.2 Å². The van der Waals surface area contributed by atoms with Crippen molar-refractivity contribution in [3.05, 3.63) is 0 Å². The van der Waals surface area contributed by atoms with Crippen molar-refractivity contribution in [2.75, 3.05) is 26.8 Å². The van der Waals surface area contributed by atoms with E-state index < -0.39 is 5.97 Å². The molecule has 1 heterocycles. The zero-order valence-electron chi connectivity index (χ0n) is 8.17. The fraction of sp³-hybridized carbons (Fsp3) is 0.889. The number of carbonyl (C=O) groups is 1. The summed E-state index contributed by atoms with van der Waals surface area (Å²) in [6, 6.07) is 0. The lowest BCUT2D eigenvalue weighted by Gasteiger charge is -2.27. The Balaban J connectivity index is 2.58. The van der Waals surface area contributed by atoms with E-state index in [4.69, 9.17) is 9.84 Å². The molecule has 2 unspecified atom stereocenters. The van der Waals surface area contributed by atoms with Crippen LogP contribution in [-0.2, 0) is 9.53 Å². The van der Waals surface area contributed by atoms with Crippen LogP contribution < -0.4 is 5.32 Å². The summed E-state index contributed by atoms with van der Waals surface area (Å²) in [5.74, 6) is -0.980. The minimum atomic E-state index is -0.705. The Morgan fingerprint density at radius 1 is 1.77 bits per heavy atom. The highest BCUT2D eigenvalue weighted by atomic mass is 16.5. The largest absolute Gasteiger partial charge is 0.481 e. The summed E-state index contributed by atoms with van der Waals surface area (Å²) >= 11 is 0. The first-order chi connectivity index (χ1) is 6.10. The lowest BCUT2D eigenvalue weighted by Crippen LogP contribution is -2.33. The van der Waals surface area contributed by atoms with Gasteiger partial charge in [-0.1, -0.05) is 6.92 Å². The van der Waals surface area contributed by atoms with Gasteiger partial charge in [0.1, 0.15) is 0 Å². The summed E-state index contributed by atoms with van der Waals surface area (Å²) < 4.78 is 4.98. The first-order valence-electron chi connectivity index (χ1n) is 4.52. The monoisotopic (exact) mass is 187 g/mol. The molecule has 0 aromatic rings. The molecule has 4 nitrogen and oxygen atoms in total. The molecule has 0 amide bonds. The lowest BCUT2D eigenvalue weighted by atomic mass is 9.77. The molecule has 0 aromatic carbocycles. The van der Waals surface area contributed by atoms with Crippen LogP contribution in [0, 0.1) is 11.3 Å². The van der Waals surface area contributed by atoms with Crippen LogP contribution in [-0.4, -0.2) is 37.9 Å². The van der Waals surface area contributed by atoms with Crippen LogP contribution in [0.4, 0.5) is 0 Å². The maximum Gasteiger partial charge on any atom is 0.308 e. The van der Waals surface area contributed by atoms with Gasteiger partial charge in [-0.3, -0.25) is 4.79 Å². The van der Waals surface area contributed by atoms with Gasteiger partial charge in [-0.15, -0.1) is 0 Å². The highest BCUT2D eigenvalue weighted by Crippen LogP contribution is 2.34. The number of ether oxygens (including phenoxy) is 1. The second-order valence-electron chi connectivity index (χ2n) is 3.92. The van der Waals surface area contributed by atoms with Crippen LogP contribution >= 0.6 is 0 Å². The molecule has 1 rings (SSSR count). The minimum absolute atomic E-state index is 0.151. The number of nitrogens with one attached hydrogen (secondary N) is 1. The average molecular weight is 187 g/mol. The maximum atomic E-state index is 10.9. The van der Waals surface area contributed by atoms with Crippen LogP contribution in [0.1, 0.15) is 13.3 Å². The molecule has 1 fully saturated rings. The Hall–Kier alpha value is -0.610. The zero-order chi connectivity index (χ0) is 9.90. The first-order valence-corrected chi connectivity index (χ1v) is 4.52. The molecule has 0 saturated carbocycles. The SMILES string of the molecule is COCCC1(C)CNCC1C(=O)O. The summed E-state index contributed by atoms with van der Waals surface area (Å²) in [6.45, 7) is 3.98. The number of hydrogen-bond acceptors (Lipinski definition) is 3. The fourth-order valence-electron chi connectivity index (χ4n) is 1.85. The number of aliphatic carboxylic acids is 1. The van der Waals surface area contributed by atoms with Crippen LogP contribution in [0.5, 0.6) is 0 Å². The second kappa shape index (κ2) is 4.07. The van der Waals surface area contributed by atoms with E-state index in [0.29, 0.717) is 13.2 Å². The van der Waals surface area contributed by atoms with E-state index in [2.05, 4.69) is 5.32 Å². The molecule has 0 bridgehead atoms. The van der Waals surface area contributed by atoms with Crippen molar-refractivity contribution in [3.8, 4) is 0 Å². The Morgan fingerprint density at radius 2 is 2.46 bits per heavy atom. The second-order valence-corrected chi connectivity index (χ2v) is 3.92. The van der Waals surface area contributed by atoms with Gasteiger partial charge in [0.25, 0.3) is 0 Å². The first kappa shape index (κ1) is 10.5. The molecule has 2 atom stereocenters. The summed E-state index contributed by atoms with van der Waals surface area (Å²) in [6.07, 6.45) is 0.799. The normalized spacial score (nSPS) is 33.5. The molecule has 1 aliphatic rings. The topological polar surface area (TPSA) is 58.6 Å². The van der Waals surface area contributed by atoms with Crippen LogP contribution in [0.3, 0.4) is 0 Å². The summed E-state index contributed by atoms with van der Waals surface area (Å²) in [5.41, 5.74) is -0.151. The Kier molecular flexibility index (Phi) is 3.27. The van der Waals surface area contributed by atoms with Gasteiger partial charge >= 0.3 is 5.97 Å². The van der Waals surface area contributed by atoms with E-state index in [1.165, 1.54) is 0 Å². The summed E-state index contributed by atoms with van der Waals surface area (Å²) in [4.78, 5) is 10.9. The number of carboxylic acids is 1. The van der Waals surface area contributed by atoms with Gasteiger partial charge in [0.05, 0.1) is 5.92 Å². The maximum absolute atomic E-state index is 10.9. The predicted molar refractivity (Wildman–Crippen MR) is 48.6 cm³/mol. The van der Waals surface area contributed by atoms with Gasteiger partial charge in [-0.05, 0) is 11.8 Å². The molecular weight excluding hydrogens is 170 g/mol. The Morgan fingerprint density at radius 3 is 3.00 bits per heavy atom. The molecule has 4 heteroatoms. The number of carboxylic acid groups (broad SMARTS) is 1. The fourth-order valence-corrected chi connectivity index (χ4v) is 1.85. The van der Waals surface area contributed by atoms with Crippen molar-refractivity contribution in [1.29, 1.82) is 0 Å². The third kappa shape index (κ3) is 2.19. The average Bonchev–Trinajstić information content (AvgIpc) is 2.44. The molecule has 0 aromatic heterocycles. The number of methoxy groups -OCH3 is 1. The third-order valence-corrected chi connectivity index (χ3v) is 2.89. The molecule has 2 N–H and O–H groups in total. The van der Waals surface area contributed by atoms with E-state index in [0.717, 1.165) is 13.0 Å². The highest BCUT2D eigenvalue weighted by molar-refractivity contribution is 5.71. The van der Waals surface area contributed by atoms with Crippen molar-refractivity contribution in [1.82, 2.24) is 5.32 Å². The Bertz CT molecular complexity index is 195. The minimum Gasteiger partial charge on any atom is -0.481 e. The molecular formula is C9H17NO3. The van der Waals surface area contributed by atoms with Crippen LogP contribution in [0.15, 0.2) is 0 Å². The van der Waals surface area contributed by atoms with E-state index in [9.17, 15) is 4.79 Å². The quantitative estimate of drug-likeness (QED) is 0.666. The Labute approximate surface area is 78.3 Å². The van der Waals surface area contributed by atoms with E-state index in [1.54, 1.807) is 7.11 Å². The van der Waals surface area contributed by atoms with E-state index in [1.807, 2.05) is 6.92 Å². The smallest absolute Gasteiger partial charge is 0.308 e. The highest BCUT2D eigenvalue weighted by Gasteiger charge is 2.42. The van der Waals surface area contributed by atoms with Crippen molar-refractivity contribution in [3.63, 3.8) is 0 Å². The zero-order valence-corrected chi connectivity index (χ0v) is 8.17. The molecule has 1 aliphatic heterocycles. The van der Waals surface area contributed by atoms with Gasteiger partial charge in [-0.2, -0.15) is 0 Å². The van der Waals surface area contributed by atoms with E-state index >= 15 is 0 Å².